The first-order valence-electron chi connectivity index (χ1n) is 7.07. The van der Waals surface area contributed by atoms with Crippen molar-refractivity contribution in [3.05, 3.63) is 12.0 Å². The summed E-state index contributed by atoms with van der Waals surface area (Å²) in [5.41, 5.74) is 0. The largest absolute Gasteiger partial charge is 0.462 e. The molecule has 5 nitrogen and oxygen atoms in total. The van der Waals surface area contributed by atoms with Crippen LogP contribution in [-0.2, 0) is 9.59 Å². The Hall–Kier alpha value is -1.78. The van der Waals surface area contributed by atoms with E-state index in [0.717, 1.165) is 25.7 Å². The van der Waals surface area contributed by atoms with Gasteiger partial charge in [0.05, 0.1) is 0 Å². The lowest BCUT2D eigenvalue weighted by Gasteiger charge is -2.06. The highest BCUT2D eigenvalue weighted by Crippen LogP contribution is 2.33. The smallest absolute Gasteiger partial charge is 0.311 e. The third-order valence-electron chi connectivity index (χ3n) is 2.79. The fraction of sp³-hybridized carbons (Fsp3) is 0.600. The number of esters is 2. The molecule has 0 fully saturated rings. The number of carbonyl (C=O) groups excluding carboxylic acids is 2. The average molecular weight is 282 g/mol. The number of hydrogen-bond acceptors (Lipinski definition) is 5. The van der Waals surface area contributed by atoms with Gasteiger partial charge in [0.2, 0.25) is 11.5 Å². The predicted molar refractivity (Wildman–Crippen MR) is 73.8 cm³/mol. The molecule has 0 atom stereocenters. The molecule has 0 saturated heterocycles. The van der Waals surface area contributed by atoms with Crippen molar-refractivity contribution < 1.29 is 23.5 Å². The van der Waals surface area contributed by atoms with Gasteiger partial charge in [-0.15, -0.1) is 0 Å². The van der Waals surface area contributed by atoms with Crippen molar-refractivity contribution >= 4 is 11.9 Å². The number of unbranched alkanes of at least 4 members (excludes halogenated alkanes) is 2. The van der Waals surface area contributed by atoms with Crippen LogP contribution >= 0.6 is 0 Å². The summed E-state index contributed by atoms with van der Waals surface area (Å²) in [5.74, 6) is 0.109. The van der Waals surface area contributed by atoms with Gasteiger partial charge in [-0.25, -0.2) is 0 Å². The van der Waals surface area contributed by atoms with Gasteiger partial charge < -0.3 is 13.9 Å². The quantitative estimate of drug-likeness (QED) is 0.679. The Morgan fingerprint density at radius 3 is 2.15 bits per heavy atom. The van der Waals surface area contributed by atoms with Crippen LogP contribution in [0.2, 0.25) is 0 Å². The summed E-state index contributed by atoms with van der Waals surface area (Å²) in [6, 6.07) is 0. The highest BCUT2D eigenvalue weighted by atomic mass is 16.6. The maximum atomic E-state index is 11.6. The van der Waals surface area contributed by atoms with Gasteiger partial charge in [0.1, 0.15) is 12.0 Å². The summed E-state index contributed by atoms with van der Waals surface area (Å²) in [7, 11) is 0. The van der Waals surface area contributed by atoms with Gasteiger partial charge in [-0.1, -0.05) is 26.7 Å². The SMILES string of the molecule is CCCCC(=O)Oc1coc(C)c1OC(=O)CCCC. The van der Waals surface area contributed by atoms with Crippen LogP contribution in [-0.4, -0.2) is 11.9 Å². The zero-order chi connectivity index (χ0) is 15.0. The van der Waals surface area contributed by atoms with E-state index in [0.29, 0.717) is 18.6 Å². The lowest BCUT2D eigenvalue weighted by Crippen LogP contribution is -2.11. The van der Waals surface area contributed by atoms with Gasteiger partial charge in [0.25, 0.3) is 0 Å². The van der Waals surface area contributed by atoms with Crippen LogP contribution in [0.15, 0.2) is 10.7 Å². The second kappa shape index (κ2) is 8.40. The molecule has 1 heterocycles. The Balaban J connectivity index is 2.64. The highest BCUT2D eigenvalue weighted by molar-refractivity contribution is 5.76. The molecule has 5 heteroatoms. The first kappa shape index (κ1) is 16.3. The third-order valence-corrected chi connectivity index (χ3v) is 2.79. The van der Waals surface area contributed by atoms with Gasteiger partial charge in [-0.05, 0) is 19.8 Å². The number of rotatable bonds is 8. The van der Waals surface area contributed by atoms with Gasteiger partial charge in [-0.2, -0.15) is 0 Å². The van der Waals surface area contributed by atoms with Gasteiger partial charge in [0.15, 0.2) is 0 Å². The molecule has 1 rings (SSSR count). The van der Waals surface area contributed by atoms with E-state index in [9.17, 15) is 9.59 Å². The standard InChI is InChI=1S/C15H22O5/c1-4-6-8-13(16)19-12-10-18-11(3)15(12)20-14(17)9-7-5-2/h10H,4-9H2,1-3H3. The summed E-state index contributed by atoms with van der Waals surface area (Å²) < 4.78 is 15.5. The van der Waals surface area contributed by atoms with E-state index in [2.05, 4.69) is 0 Å². The molecule has 0 radical (unpaired) electrons. The lowest BCUT2D eigenvalue weighted by molar-refractivity contribution is -0.137. The van der Waals surface area contributed by atoms with E-state index in [4.69, 9.17) is 13.9 Å². The Labute approximate surface area is 119 Å². The Bertz CT molecular complexity index is 447. The van der Waals surface area contributed by atoms with E-state index in [1.807, 2.05) is 13.8 Å². The van der Waals surface area contributed by atoms with E-state index in [-0.39, 0.29) is 23.4 Å². The number of ether oxygens (including phenoxy) is 2. The summed E-state index contributed by atoms with van der Waals surface area (Å²) in [6.07, 6.45) is 5.33. The number of carbonyl (C=O) groups is 2. The van der Waals surface area contributed by atoms with Crippen molar-refractivity contribution in [2.75, 3.05) is 0 Å². The van der Waals surface area contributed by atoms with Crippen LogP contribution in [0.3, 0.4) is 0 Å². The number of hydrogen-bond donors (Lipinski definition) is 0. The Kier molecular flexibility index (Phi) is 6.84. The molecule has 112 valence electrons. The normalized spacial score (nSPS) is 10.3. The molecule has 20 heavy (non-hydrogen) atoms. The van der Waals surface area contributed by atoms with Gasteiger partial charge >= 0.3 is 11.9 Å². The summed E-state index contributed by atoms with van der Waals surface area (Å²) >= 11 is 0. The van der Waals surface area contributed by atoms with Crippen LogP contribution in [0.25, 0.3) is 0 Å². The molecular weight excluding hydrogens is 260 g/mol. The van der Waals surface area contributed by atoms with Crippen LogP contribution in [0.5, 0.6) is 11.5 Å². The number of furan rings is 1. The van der Waals surface area contributed by atoms with Crippen molar-refractivity contribution in [2.45, 2.75) is 59.3 Å². The van der Waals surface area contributed by atoms with Crippen LogP contribution in [0.1, 0.15) is 58.1 Å². The van der Waals surface area contributed by atoms with Crippen molar-refractivity contribution in [1.82, 2.24) is 0 Å². The van der Waals surface area contributed by atoms with Crippen LogP contribution < -0.4 is 9.47 Å². The highest BCUT2D eigenvalue weighted by Gasteiger charge is 2.19. The zero-order valence-corrected chi connectivity index (χ0v) is 12.4. The molecule has 0 aliphatic rings. The van der Waals surface area contributed by atoms with Crippen LogP contribution in [0.4, 0.5) is 0 Å². The van der Waals surface area contributed by atoms with E-state index in [1.54, 1.807) is 6.92 Å². The minimum absolute atomic E-state index is 0.174. The second-order valence-electron chi connectivity index (χ2n) is 4.64. The third kappa shape index (κ3) is 5.07. The number of aryl methyl sites for hydroxylation is 1. The topological polar surface area (TPSA) is 65.7 Å². The molecule has 1 aromatic heterocycles. The van der Waals surface area contributed by atoms with Gasteiger partial charge in [0, 0.05) is 12.8 Å². The van der Waals surface area contributed by atoms with E-state index in [1.165, 1.54) is 6.26 Å². The molecule has 0 N–H and O–H groups in total. The minimum Gasteiger partial charge on any atom is -0.462 e. The van der Waals surface area contributed by atoms with Gasteiger partial charge in [-0.3, -0.25) is 9.59 Å². The fourth-order valence-corrected chi connectivity index (χ4v) is 1.60. The molecule has 0 saturated carbocycles. The Morgan fingerprint density at radius 1 is 1.05 bits per heavy atom. The maximum absolute atomic E-state index is 11.6. The summed E-state index contributed by atoms with van der Waals surface area (Å²) in [4.78, 5) is 23.2. The molecule has 0 aliphatic carbocycles. The van der Waals surface area contributed by atoms with E-state index < -0.39 is 0 Å². The molecule has 0 spiro atoms. The maximum Gasteiger partial charge on any atom is 0.311 e. The zero-order valence-electron chi connectivity index (χ0n) is 12.4. The molecule has 0 amide bonds. The van der Waals surface area contributed by atoms with Crippen molar-refractivity contribution in [2.24, 2.45) is 0 Å². The second-order valence-corrected chi connectivity index (χ2v) is 4.64. The molecule has 0 unspecified atom stereocenters. The molecule has 1 aromatic rings. The Morgan fingerprint density at radius 2 is 1.60 bits per heavy atom. The monoisotopic (exact) mass is 282 g/mol. The van der Waals surface area contributed by atoms with Crippen molar-refractivity contribution in [1.29, 1.82) is 0 Å². The fourth-order valence-electron chi connectivity index (χ4n) is 1.60. The molecule has 0 aliphatic heterocycles. The lowest BCUT2D eigenvalue weighted by atomic mass is 10.2. The van der Waals surface area contributed by atoms with E-state index >= 15 is 0 Å². The average Bonchev–Trinajstić information content (AvgIpc) is 2.75. The summed E-state index contributed by atoms with van der Waals surface area (Å²) in [6.45, 7) is 5.65. The van der Waals surface area contributed by atoms with Crippen molar-refractivity contribution in [3.63, 3.8) is 0 Å². The first-order chi connectivity index (χ1) is 9.58. The van der Waals surface area contributed by atoms with Crippen molar-refractivity contribution in [3.8, 4) is 11.5 Å². The molecule has 0 bridgehead atoms. The van der Waals surface area contributed by atoms with Crippen LogP contribution in [0, 0.1) is 6.92 Å². The summed E-state index contributed by atoms with van der Waals surface area (Å²) in [5, 5.41) is 0. The minimum atomic E-state index is -0.349. The molecular formula is C15H22O5. The predicted octanol–water partition coefficient (Wildman–Crippen LogP) is 3.78. The molecule has 0 aromatic carbocycles. The first-order valence-corrected chi connectivity index (χ1v) is 7.07.